The summed E-state index contributed by atoms with van der Waals surface area (Å²) in [7, 11) is -5.17. The van der Waals surface area contributed by atoms with Crippen molar-refractivity contribution >= 4 is 10.4 Å². The summed E-state index contributed by atoms with van der Waals surface area (Å²) in [5.41, 5.74) is 0. The monoisotopic (exact) mass is 159 g/mol. The Hall–Kier alpha value is 0.987. The van der Waals surface area contributed by atoms with Crippen LogP contribution in [0.4, 0.5) is 0 Å². The molecule has 0 aromatic rings. The smallest absolute Gasteiger partial charge is 1.00 e. The molecule has 0 aliphatic rings. The second kappa shape index (κ2) is 5.13. The Morgan fingerprint density at radius 2 is 1.29 bits per heavy atom. The molecule has 0 unspecified atom stereocenters. The fourth-order valence-corrected chi connectivity index (χ4v) is 0. The first-order valence-corrected chi connectivity index (χ1v) is 2.00. The van der Waals surface area contributed by atoms with Crippen LogP contribution in [0, 0.1) is 0 Å². The molecular formula is HLiMnO4S. The molecule has 0 bridgehead atoms. The first kappa shape index (κ1) is 15.7. The maximum Gasteiger partial charge on any atom is 2.00 e. The van der Waals surface area contributed by atoms with Gasteiger partial charge in [-0.3, -0.25) is 8.42 Å². The van der Waals surface area contributed by atoms with Crippen LogP contribution in [0.25, 0.3) is 0 Å². The maximum atomic E-state index is 8.52. The molecule has 0 aromatic heterocycles. The molecule has 0 heterocycles. The van der Waals surface area contributed by atoms with E-state index in [4.69, 9.17) is 17.5 Å². The topological polar surface area (TPSA) is 80.3 Å². The van der Waals surface area contributed by atoms with Gasteiger partial charge in [-0.2, -0.15) is 0 Å². The van der Waals surface area contributed by atoms with Crippen LogP contribution in [0.3, 0.4) is 0 Å². The molecule has 0 saturated carbocycles. The minimum Gasteiger partial charge on any atom is -1.00 e. The molecule has 0 aliphatic carbocycles. The van der Waals surface area contributed by atoms with Crippen molar-refractivity contribution in [3.05, 3.63) is 0 Å². The van der Waals surface area contributed by atoms with E-state index in [0.29, 0.717) is 0 Å². The van der Waals surface area contributed by atoms with E-state index in [1.807, 2.05) is 0 Å². The number of rotatable bonds is 0. The molecule has 0 spiro atoms. The maximum absolute atomic E-state index is 8.52. The summed E-state index contributed by atoms with van der Waals surface area (Å²) in [6.45, 7) is 0. The molecule has 0 N–H and O–H groups in total. The van der Waals surface area contributed by atoms with Gasteiger partial charge in [-0.15, -0.1) is 0 Å². The first-order chi connectivity index (χ1) is 2.00. The van der Waals surface area contributed by atoms with Crippen molar-refractivity contribution in [2.45, 2.75) is 0 Å². The minimum absolute atomic E-state index is 0. The fraction of sp³-hybridized carbons (Fsp3) is 0. The van der Waals surface area contributed by atoms with E-state index in [1.54, 1.807) is 0 Å². The Kier molecular flexibility index (Phi) is 11.5. The molecule has 0 aliphatic heterocycles. The van der Waals surface area contributed by atoms with Gasteiger partial charge in [0.1, 0.15) is 0 Å². The Bertz CT molecular complexity index is 99.2. The normalized spacial score (nSPS) is 8.29. The summed E-state index contributed by atoms with van der Waals surface area (Å²) in [6, 6.07) is 0. The van der Waals surface area contributed by atoms with E-state index in [9.17, 15) is 0 Å². The van der Waals surface area contributed by atoms with E-state index in [-0.39, 0.29) is 37.4 Å². The van der Waals surface area contributed by atoms with Crippen LogP contribution in [0.5, 0.6) is 0 Å². The summed E-state index contributed by atoms with van der Waals surface area (Å²) < 4.78 is 34.1. The standard InChI is InChI=1S/Li.Mn.H2O4S.H/c;;1-5(2,3)4;/h;;(H2,1,2,3,4);/q+1;+2;;-1/p-2. The van der Waals surface area contributed by atoms with Gasteiger partial charge in [-0.1, -0.05) is 0 Å². The minimum atomic E-state index is -5.17. The zero-order valence-corrected chi connectivity index (χ0v) is 5.42. The van der Waals surface area contributed by atoms with Gasteiger partial charge < -0.3 is 10.5 Å². The van der Waals surface area contributed by atoms with Gasteiger partial charge in [0, 0.05) is 10.4 Å². The second-order valence-electron chi connectivity index (χ2n) is 0.408. The van der Waals surface area contributed by atoms with Crippen LogP contribution in [0.2, 0.25) is 0 Å². The van der Waals surface area contributed by atoms with Crippen molar-refractivity contribution in [2.24, 2.45) is 0 Å². The molecule has 1 radical (unpaired) electrons. The Balaban J connectivity index is -0.0000000267. The third-order valence-electron chi connectivity index (χ3n) is 0. The SMILES string of the molecule is O=S(=O)([O-])[O-].[H-].[Li+].[Mn+2]. The van der Waals surface area contributed by atoms with Gasteiger partial charge in [-0.05, 0) is 0 Å². The average molecular weight is 159 g/mol. The van der Waals surface area contributed by atoms with Gasteiger partial charge >= 0.3 is 35.9 Å². The number of hydrogen-bond acceptors (Lipinski definition) is 4. The molecule has 0 rings (SSSR count). The number of hydrogen-bond donors (Lipinski definition) is 0. The summed E-state index contributed by atoms with van der Waals surface area (Å²) in [6.07, 6.45) is 0. The van der Waals surface area contributed by atoms with Crippen LogP contribution in [-0.2, 0) is 27.5 Å². The van der Waals surface area contributed by atoms with Crippen LogP contribution in [0.15, 0.2) is 0 Å². The summed E-state index contributed by atoms with van der Waals surface area (Å²) in [4.78, 5) is 0. The summed E-state index contributed by atoms with van der Waals surface area (Å²) in [5, 5.41) is 0. The molecule has 7 heavy (non-hydrogen) atoms. The predicted molar refractivity (Wildman–Crippen MR) is 11.6 cm³/mol. The van der Waals surface area contributed by atoms with Gasteiger partial charge in [0.05, 0.1) is 0 Å². The van der Waals surface area contributed by atoms with Crippen LogP contribution in [-0.4, -0.2) is 17.5 Å². The zero-order chi connectivity index (χ0) is 4.50. The molecule has 0 atom stereocenters. The van der Waals surface area contributed by atoms with Crippen LogP contribution in [0.1, 0.15) is 1.43 Å². The Morgan fingerprint density at radius 3 is 1.29 bits per heavy atom. The third kappa shape index (κ3) is 178. The molecular weight excluding hydrogens is 158 g/mol. The quantitative estimate of drug-likeness (QED) is 0.204. The predicted octanol–water partition coefficient (Wildman–Crippen LogP) is -4.22. The largest absolute Gasteiger partial charge is 2.00 e. The Labute approximate surface area is 65.4 Å². The molecule has 39 valence electrons. The van der Waals surface area contributed by atoms with Gasteiger partial charge in [0.2, 0.25) is 0 Å². The van der Waals surface area contributed by atoms with Crippen molar-refractivity contribution in [1.29, 1.82) is 0 Å². The van der Waals surface area contributed by atoms with E-state index in [2.05, 4.69) is 0 Å². The van der Waals surface area contributed by atoms with E-state index in [1.165, 1.54) is 0 Å². The van der Waals surface area contributed by atoms with Gasteiger partial charge in [-0.25, -0.2) is 0 Å². The second-order valence-corrected chi connectivity index (χ2v) is 1.22. The summed E-state index contributed by atoms with van der Waals surface area (Å²) in [5.74, 6) is 0. The molecule has 0 amide bonds. The first-order valence-electron chi connectivity index (χ1n) is 0.667. The van der Waals surface area contributed by atoms with Crippen LogP contribution < -0.4 is 18.9 Å². The molecule has 0 fully saturated rings. The van der Waals surface area contributed by atoms with Crippen molar-refractivity contribution in [2.75, 3.05) is 0 Å². The molecule has 0 saturated heterocycles. The van der Waals surface area contributed by atoms with Crippen molar-refractivity contribution in [1.82, 2.24) is 0 Å². The van der Waals surface area contributed by atoms with Crippen molar-refractivity contribution in [3.63, 3.8) is 0 Å². The van der Waals surface area contributed by atoms with Crippen molar-refractivity contribution < 1.29 is 54.9 Å². The van der Waals surface area contributed by atoms with Gasteiger partial charge in [0.25, 0.3) is 0 Å². The Morgan fingerprint density at radius 1 is 1.29 bits per heavy atom. The van der Waals surface area contributed by atoms with Gasteiger partial charge in [0.15, 0.2) is 0 Å². The zero-order valence-electron chi connectivity index (χ0n) is 4.42. The summed E-state index contributed by atoms with van der Waals surface area (Å²) >= 11 is 0. The average Bonchev–Trinajstić information content (AvgIpc) is 0.722. The van der Waals surface area contributed by atoms with E-state index >= 15 is 0 Å². The third-order valence-corrected chi connectivity index (χ3v) is 0. The van der Waals surface area contributed by atoms with E-state index < -0.39 is 10.4 Å². The molecule has 4 nitrogen and oxygen atoms in total. The van der Waals surface area contributed by atoms with Crippen molar-refractivity contribution in [3.8, 4) is 0 Å². The molecule has 7 heteroatoms. The fourth-order valence-electron chi connectivity index (χ4n) is 0. The van der Waals surface area contributed by atoms with E-state index in [0.717, 1.165) is 0 Å². The van der Waals surface area contributed by atoms with Crippen LogP contribution >= 0.6 is 0 Å². The molecule has 0 aromatic carbocycles.